The summed E-state index contributed by atoms with van der Waals surface area (Å²) in [5.41, 5.74) is 2.50. The number of phenolic OH excluding ortho intramolecular Hbond substituents is 1. The largest absolute Gasteiger partial charge is 0.508 e. The van der Waals surface area contributed by atoms with E-state index in [1.165, 1.54) is 0 Å². The molecular weight excluding hydrogens is 382 g/mol. The van der Waals surface area contributed by atoms with Gasteiger partial charge in [-0.2, -0.15) is 0 Å². The molecule has 0 spiro atoms. The Balaban J connectivity index is 1.38. The molecule has 0 unspecified atom stereocenters. The van der Waals surface area contributed by atoms with Gasteiger partial charge in [0.1, 0.15) is 11.5 Å². The van der Waals surface area contributed by atoms with Gasteiger partial charge in [-0.1, -0.05) is 0 Å². The lowest BCUT2D eigenvalue weighted by atomic mass is 10.1. The number of benzene rings is 1. The SMILES string of the molecule is COc1cc(O)c(C)cc1N1C(=O)[C@@H]2C[C@H]1CN2Cc1cccn1-c1ncccn1. The quantitative estimate of drug-likeness (QED) is 0.701. The highest BCUT2D eigenvalue weighted by atomic mass is 16.5. The summed E-state index contributed by atoms with van der Waals surface area (Å²) in [5, 5.41) is 10.00. The molecule has 2 fully saturated rings. The number of methoxy groups -OCH3 is 1. The lowest BCUT2D eigenvalue weighted by molar-refractivity contribution is -0.122. The van der Waals surface area contributed by atoms with E-state index in [0.717, 1.165) is 29.9 Å². The Kier molecular flexibility index (Phi) is 4.43. The van der Waals surface area contributed by atoms with Crippen LogP contribution in [0.25, 0.3) is 5.95 Å². The monoisotopic (exact) mass is 405 g/mol. The van der Waals surface area contributed by atoms with Gasteiger partial charge in [0.15, 0.2) is 0 Å². The number of ether oxygens (including phenoxy) is 1. The second-order valence-electron chi connectivity index (χ2n) is 7.77. The van der Waals surface area contributed by atoms with Crippen LogP contribution in [0.5, 0.6) is 11.5 Å². The molecular formula is C22H23N5O3. The smallest absolute Gasteiger partial charge is 0.244 e. The highest BCUT2D eigenvalue weighted by Gasteiger charge is 2.50. The van der Waals surface area contributed by atoms with E-state index >= 15 is 0 Å². The Morgan fingerprint density at radius 2 is 2.03 bits per heavy atom. The van der Waals surface area contributed by atoms with Crippen LogP contribution < -0.4 is 9.64 Å². The van der Waals surface area contributed by atoms with Crippen LogP contribution in [0.1, 0.15) is 17.7 Å². The fraction of sp³-hybridized carbons (Fsp3) is 0.318. The zero-order valence-corrected chi connectivity index (χ0v) is 16.9. The summed E-state index contributed by atoms with van der Waals surface area (Å²) in [6, 6.07) is 9.11. The van der Waals surface area contributed by atoms with Crippen LogP contribution in [0.15, 0.2) is 48.9 Å². The van der Waals surface area contributed by atoms with Gasteiger partial charge < -0.3 is 14.7 Å². The Morgan fingerprint density at radius 1 is 1.23 bits per heavy atom. The molecule has 154 valence electrons. The third-order valence-electron chi connectivity index (χ3n) is 5.99. The number of piperazine rings is 1. The van der Waals surface area contributed by atoms with Crippen LogP contribution in [0, 0.1) is 6.92 Å². The first-order chi connectivity index (χ1) is 14.6. The molecule has 2 aliphatic rings. The first-order valence-corrected chi connectivity index (χ1v) is 9.95. The van der Waals surface area contributed by atoms with E-state index in [0.29, 0.717) is 18.2 Å². The van der Waals surface area contributed by atoms with Crippen molar-refractivity contribution in [3.8, 4) is 17.4 Å². The summed E-state index contributed by atoms with van der Waals surface area (Å²) >= 11 is 0. The Morgan fingerprint density at radius 3 is 2.77 bits per heavy atom. The van der Waals surface area contributed by atoms with Crippen molar-refractivity contribution in [3.05, 3.63) is 60.2 Å². The fourth-order valence-electron chi connectivity index (χ4n) is 4.53. The van der Waals surface area contributed by atoms with Crippen LogP contribution in [0.2, 0.25) is 0 Å². The number of carbonyl (C=O) groups excluding carboxylic acids is 1. The van der Waals surface area contributed by atoms with E-state index in [2.05, 4.69) is 14.9 Å². The van der Waals surface area contributed by atoms with Crippen molar-refractivity contribution in [1.82, 2.24) is 19.4 Å². The van der Waals surface area contributed by atoms with E-state index in [1.807, 2.05) is 40.8 Å². The normalized spacial score (nSPS) is 20.9. The molecule has 2 atom stereocenters. The Hall–Kier alpha value is -3.39. The minimum atomic E-state index is -0.172. The van der Waals surface area contributed by atoms with E-state index < -0.39 is 0 Å². The van der Waals surface area contributed by atoms with Crippen LogP contribution in [0.3, 0.4) is 0 Å². The second kappa shape index (κ2) is 7.14. The minimum Gasteiger partial charge on any atom is -0.508 e. The molecule has 0 aliphatic carbocycles. The molecule has 2 bridgehead atoms. The van der Waals surface area contributed by atoms with Gasteiger partial charge in [0.25, 0.3) is 0 Å². The molecule has 8 nitrogen and oxygen atoms in total. The standard InChI is InChI=1S/C22H23N5O3/c1-14-9-17(20(30-2)11-19(14)28)27-16-10-18(21(27)29)25(13-16)12-15-5-3-8-26(15)22-23-6-4-7-24-22/h3-9,11,16,18,28H,10,12-13H2,1-2H3/t16-,18-/m0/s1. The number of phenols is 1. The van der Waals surface area contributed by atoms with Gasteiger partial charge in [-0.05, 0) is 43.2 Å². The molecule has 5 rings (SSSR count). The average molecular weight is 405 g/mol. The molecule has 2 aliphatic heterocycles. The lowest BCUT2D eigenvalue weighted by Crippen LogP contribution is -2.50. The highest BCUT2D eigenvalue weighted by Crippen LogP contribution is 2.42. The van der Waals surface area contributed by atoms with E-state index in [4.69, 9.17) is 4.74 Å². The van der Waals surface area contributed by atoms with Gasteiger partial charge in [-0.15, -0.1) is 0 Å². The van der Waals surface area contributed by atoms with Crippen molar-refractivity contribution < 1.29 is 14.6 Å². The van der Waals surface area contributed by atoms with Gasteiger partial charge in [-0.3, -0.25) is 14.3 Å². The van der Waals surface area contributed by atoms with Crippen molar-refractivity contribution in [2.75, 3.05) is 18.6 Å². The minimum absolute atomic E-state index is 0.0729. The second-order valence-corrected chi connectivity index (χ2v) is 7.77. The summed E-state index contributed by atoms with van der Waals surface area (Å²) in [6.07, 6.45) is 6.17. The van der Waals surface area contributed by atoms with Gasteiger partial charge in [0, 0.05) is 43.4 Å². The third kappa shape index (κ3) is 2.91. The molecule has 0 saturated carbocycles. The molecule has 30 heavy (non-hydrogen) atoms. The maximum atomic E-state index is 13.3. The first-order valence-electron chi connectivity index (χ1n) is 9.95. The Labute approximate surface area is 174 Å². The van der Waals surface area contributed by atoms with Crippen molar-refractivity contribution in [1.29, 1.82) is 0 Å². The molecule has 8 heteroatoms. The van der Waals surface area contributed by atoms with Gasteiger partial charge >= 0.3 is 0 Å². The molecule has 0 radical (unpaired) electrons. The van der Waals surface area contributed by atoms with Crippen LogP contribution in [-0.2, 0) is 11.3 Å². The third-order valence-corrected chi connectivity index (χ3v) is 5.99. The average Bonchev–Trinajstić information content (AvgIpc) is 3.46. The van der Waals surface area contributed by atoms with E-state index in [9.17, 15) is 9.90 Å². The number of carbonyl (C=O) groups is 1. The molecule has 3 aromatic rings. The summed E-state index contributed by atoms with van der Waals surface area (Å²) < 4.78 is 7.40. The number of likely N-dealkylation sites (tertiary alicyclic amines) is 1. The van der Waals surface area contributed by atoms with Crippen LogP contribution in [-0.4, -0.2) is 56.2 Å². The molecule has 1 aromatic carbocycles. The molecule has 4 heterocycles. The number of amides is 1. The first kappa shape index (κ1) is 18.6. The van der Waals surface area contributed by atoms with Gasteiger partial charge in [0.2, 0.25) is 11.9 Å². The number of nitrogens with zero attached hydrogens (tertiary/aromatic N) is 5. The summed E-state index contributed by atoms with van der Waals surface area (Å²) in [5.74, 6) is 1.38. The number of aromatic nitrogens is 3. The van der Waals surface area contributed by atoms with Gasteiger partial charge in [-0.25, -0.2) is 9.97 Å². The van der Waals surface area contributed by atoms with Crippen molar-refractivity contribution in [2.24, 2.45) is 0 Å². The number of hydrogen-bond donors (Lipinski definition) is 1. The number of aromatic hydroxyl groups is 1. The van der Waals surface area contributed by atoms with E-state index in [-0.39, 0.29) is 23.7 Å². The van der Waals surface area contributed by atoms with Gasteiger partial charge in [0.05, 0.1) is 24.9 Å². The number of fused-ring (bicyclic) bond motifs is 2. The maximum Gasteiger partial charge on any atom is 0.244 e. The Bertz CT molecular complexity index is 1100. The summed E-state index contributed by atoms with van der Waals surface area (Å²) in [6.45, 7) is 3.25. The van der Waals surface area contributed by atoms with Crippen LogP contribution >= 0.6 is 0 Å². The highest BCUT2D eigenvalue weighted by molar-refractivity contribution is 6.02. The predicted molar refractivity (Wildman–Crippen MR) is 111 cm³/mol. The number of aryl methyl sites for hydroxylation is 1. The predicted octanol–water partition coefficient (Wildman–Crippen LogP) is 2.28. The number of hydrogen-bond acceptors (Lipinski definition) is 6. The summed E-state index contributed by atoms with van der Waals surface area (Å²) in [4.78, 5) is 26.0. The van der Waals surface area contributed by atoms with Crippen LogP contribution in [0.4, 0.5) is 5.69 Å². The molecule has 1 N–H and O–H groups in total. The van der Waals surface area contributed by atoms with Crippen molar-refractivity contribution in [3.63, 3.8) is 0 Å². The molecule has 2 aromatic heterocycles. The zero-order valence-electron chi connectivity index (χ0n) is 16.9. The topological polar surface area (TPSA) is 83.7 Å². The number of anilines is 1. The van der Waals surface area contributed by atoms with Crippen molar-refractivity contribution in [2.45, 2.75) is 32.0 Å². The maximum absolute atomic E-state index is 13.3. The van der Waals surface area contributed by atoms with E-state index in [1.54, 1.807) is 31.6 Å². The lowest BCUT2D eigenvalue weighted by Gasteiger charge is -2.34. The van der Waals surface area contributed by atoms with Crippen molar-refractivity contribution >= 4 is 11.6 Å². The molecule has 2 saturated heterocycles. The zero-order chi connectivity index (χ0) is 20.8. The molecule has 1 amide bonds. The summed E-state index contributed by atoms with van der Waals surface area (Å²) in [7, 11) is 1.55. The fourth-order valence-corrected chi connectivity index (χ4v) is 4.53. The number of rotatable bonds is 5.